The first-order chi connectivity index (χ1) is 18.7. The molecule has 0 aromatic heterocycles. The fourth-order valence-electron chi connectivity index (χ4n) is 8.36. The summed E-state index contributed by atoms with van der Waals surface area (Å²) in [5.74, 6) is 0. The van der Waals surface area contributed by atoms with E-state index < -0.39 is 0 Å². The number of hydrogen-bond acceptors (Lipinski definition) is 1. The van der Waals surface area contributed by atoms with Crippen molar-refractivity contribution in [2.24, 2.45) is 10.8 Å². The molecule has 0 fully saturated rings. The molecule has 0 bridgehead atoms. The third kappa shape index (κ3) is 3.15. The molecule has 40 heavy (non-hydrogen) atoms. The highest BCUT2D eigenvalue weighted by Gasteiger charge is 2.72. The Labute approximate surface area is 242 Å². The number of aryl methyl sites for hydroxylation is 1. The molecular formula is C39H45N. The van der Waals surface area contributed by atoms with Crippen LogP contribution in [0.25, 0.3) is 11.1 Å². The van der Waals surface area contributed by atoms with Crippen LogP contribution in [0.15, 0.2) is 91.0 Å². The van der Waals surface area contributed by atoms with Gasteiger partial charge in [-0.05, 0) is 98.4 Å². The van der Waals surface area contributed by atoms with Gasteiger partial charge >= 0.3 is 0 Å². The first-order valence-electron chi connectivity index (χ1n) is 14.9. The zero-order valence-electron chi connectivity index (χ0n) is 26.1. The van der Waals surface area contributed by atoms with Crippen molar-refractivity contribution in [2.45, 2.75) is 85.5 Å². The maximum atomic E-state index is 2.56. The van der Waals surface area contributed by atoms with Gasteiger partial charge in [0.25, 0.3) is 0 Å². The summed E-state index contributed by atoms with van der Waals surface area (Å²) < 4.78 is 0. The summed E-state index contributed by atoms with van der Waals surface area (Å²) in [6.45, 7) is 24.8. The molecule has 0 amide bonds. The Balaban J connectivity index is 1.53. The van der Waals surface area contributed by atoms with Crippen molar-refractivity contribution in [1.29, 1.82) is 0 Å². The van der Waals surface area contributed by atoms with Crippen LogP contribution in [-0.4, -0.2) is 0 Å². The van der Waals surface area contributed by atoms with Crippen LogP contribution in [0.3, 0.4) is 0 Å². The topological polar surface area (TPSA) is 3.24 Å². The van der Waals surface area contributed by atoms with Crippen molar-refractivity contribution in [3.05, 3.63) is 113 Å². The molecule has 4 aromatic carbocycles. The van der Waals surface area contributed by atoms with Gasteiger partial charge in [-0.15, -0.1) is 0 Å². The minimum Gasteiger partial charge on any atom is -0.310 e. The van der Waals surface area contributed by atoms with Gasteiger partial charge in [0.05, 0.1) is 0 Å². The van der Waals surface area contributed by atoms with Crippen molar-refractivity contribution >= 4 is 17.1 Å². The summed E-state index contributed by atoms with van der Waals surface area (Å²) in [4.78, 5) is 2.35. The Morgan fingerprint density at radius 2 is 0.950 bits per heavy atom. The van der Waals surface area contributed by atoms with Crippen molar-refractivity contribution in [2.75, 3.05) is 4.90 Å². The molecule has 0 spiro atoms. The third-order valence-corrected chi connectivity index (χ3v) is 12.4. The van der Waals surface area contributed by atoms with Gasteiger partial charge in [0, 0.05) is 22.5 Å². The summed E-state index contributed by atoms with van der Waals surface area (Å²) in [7, 11) is 0. The third-order valence-electron chi connectivity index (χ3n) is 12.4. The fourth-order valence-corrected chi connectivity index (χ4v) is 8.36. The van der Waals surface area contributed by atoms with Crippen molar-refractivity contribution in [3.63, 3.8) is 0 Å². The van der Waals surface area contributed by atoms with Crippen LogP contribution in [0.5, 0.6) is 0 Å². The lowest BCUT2D eigenvalue weighted by Gasteiger charge is -2.56. The van der Waals surface area contributed by atoms with Gasteiger partial charge in [0.1, 0.15) is 0 Å². The highest BCUT2D eigenvalue weighted by atomic mass is 15.1. The zero-order chi connectivity index (χ0) is 28.9. The molecule has 4 aromatic rings. The standard InChI is InChI=1S/C39H45N/c1-26-23-30(40(28-17-13-11-14-18-28)29-19-15-12-16-20-29)21-22-31(26)27-24-32-34-33(25-27)36(4,5)38(8,9)39(34,10)37(6,7)35(32,2)3/h11-25H,1-10H3. The van der Waals surface area contributed by atoms with Gasteiger partial charge in [-0.1, -0.05) is 117 Å². The molecule has 0 atom stereocenters. The van der Waals surface area contributed by atoms with Crippen LogP contribution in [0.1, 0.15) is 84.6 Å². The highest BCUT2D eigenvalue weighted by Crippen LogP contribution is 2.76. The maximum Gasteiger partial charge on any atom is 0.0464 e. The summed E-state index contributed by atoms with van der Waals surface area (Å²) in [5.41, 5.74) is 12.7. The predicted octanol–water partition coefficient (Wildman–Crippen LogP) is 11.0. The van der Waals surface area contributed by atoms with E-state index in [1.165, 1.54) is 33.8 Å². The lowest BCUT2D eigenvalue weighted by Crippen LogP contribution is -2.55. The minimum absolute atomic E-state index is 0.0703. The molecular weight excluding hydrogens is 482 g/mol. The molecule has 6 rings (SSSR count). The van der Waals surface area contributed by atoms with Crippen LogP contribution in [0, 0.1) is 17.8 Å². The number of benzene rings is 4. The van der Waals surface area contributed by atoms with E-state index in [4.69, 9.17) is 0 Å². The van der Waals surface area contributed by atoms with E-state index in [0.29, 0.717) is 0 Å². The average Bonchev–Trinajstić information content (AvgIpc) is 3.13. The highest BCUT2D eigenvalue weighted by molar-refractivity contribution is 5.81. The Morgan fingerprint density at radius 3 is 1.38 bits per heavy atom. The number of anilines is 3. The molecule has 0 radical (unpaired) electrons. The SMILES string of the molecule is Cc1cc(N(c2ccccc2)c2ccccc2)ccc1-c1cc2c3c(c1)C(C)(C)C(C)(C)C3(C)C(C)(C)C2(C)C. The van der Waals surface area contributed by atoms with Crippen molar-refractivity contribution < 1.29 is 0 Å². The second-order valence-corrected chi connectivity index (χ2v) is 14.6. The lowest BCUT2D eigenvalue weighted by molar-refractivity contribution is -0.0105. The van der Waals surface area contributed by atoms with Gasteiger partial charge in [-0.25, -0.2) is 0 Å². The Morgan fingerprint density at radius 1 is 0.500 bits per heavy atom. The Kier molecular flexibility index (Phi) is 5.61. The molecule has 1 nitrogen and oxygen atoms in total. The molecule has 206 valence electrons. The van der Waals surface area contributed by atoms with Crippen LogP contribution < -0.4 is 4.90 Å². The molecule has 2 aliphatic carbocycles. The van der Waals surface area contributed by atoms with Crippen LogP contribution in [0.4, 0.5) is 17.1 Å². The summed E-state index contributed by atoms with van der Waals surface area (Å²) in [5, 5.41) is 0. The zero-order valence-corrected chi connectivity index (χ0v) is 26.1. The van der Waals surface area contributed by atoms with Crippen molar-refractivity contribution in [1.82, 2.24) is 0 Å². The quantitative estimate of drug-likeness (QED) is 0.255. The van der Waals surface area contributed by atoms with E-state index in [1.54, 1.807) is 16.7 Å². The monoisotopic (exact) mass is 527 g/mol. The Bertz CT molecular complexity index is 1510. The van der Waals surface area contributed by atoms with E-state index in [2.05, 4.69) is 165 Å². The van der Waals surface area contributed by atoms with E-state index in [9.17, 15) is 0 Å². The number of hydrogen-bond donors (Lipinski definition) is 0. The first-order valence-corrected chi connectivity index (χ1v) is 14.9. The first kappa shape index (κ1) is 26.9. The summed E-state index contributed by atoms with van der Waals surface area (Å²) >= 11 is 0. The molecule has 2 aliphatic rings. The van der Waals surface area contributed by atoms with Gasteiger partial charge in [-0.2, -0.15) is 0 Å². The number of para-hydroxylation sites is 2. The largest absolute Gasteiger partial charge is 0.310 e. The lowest BCUT2D eigenvalue weighted by atomic mass is 9.47. The van der Waals surface area contributed by atoms with Gasteiger partial charge in [-0.3, -0.25) is 0 Å². The van der Waals surface area contributed by atoms with E-state index in [0.717, 1.165) is 0 Å². The van der Waals surface area contributed by atoms with Gasteiger partial charge in [0.15, 0.2) is 0 Å². The molecule has 0 N–H and O–H groups in total. The average molecular weight is 528 g/mol. The van der Waals surface area contributed by atoms with Gasteiger partial charge < -0.3 is 4.90 Å². The van der Waals surface area contributed by atoms with Crippen LogP contribution in [-0.2, 0) is 16.2 Å². The maximum absolute atomic E-state index is 2.56. The van der Waals surface area contributed by atoms with E-state index in [-0.39, 0.29) is 27.1 Å². The summed E-state index contributed by atoms with van der Waals surface area (Å²) in [6.07, 6.45) is 0. The number of rotatable bonds is 4. The Hall–Kier alpha value is -3.32. The fraction of sp³-hybridized carbons (Fsp3) is 0.385. The van der Waals surface area contributed by atoms with E-state index in [1.807, 2.05) is 0 Å². The minimum atomic E-state index is 0.0703. The van der Waals surface area contributed by atoms with E-state index >= 15 is 0 Å². The molecule has 0 heterocycles. The van der Waals surface area contributed by atoms with Crippen LogP contribution in [0.2, 0.25) is 0 Å². The second-order valence-electron chi connectivity index (χ2n) is 14.6. The molecule has 0 saturated heterocycles. The second kappa shape index (κ2) is 8.35. The normalized spacial score (nSPS) is 20.2. The molecule has 1 heteroatoms. The summed E-state index contributed by atoms with van der Waals surface area (Å²) in [6, 6.07) is 33.4. The predicted molar refractivity (Wildman–Crippen MR) is 172 cm³/mol. The van der Waals surface area contributed by atoms with Crippen LogP contribution >= 0.6 is 0 Å². The number of nitrogens with zero attached hydrogens (tertiary/aromatic N) is 1. The van der Waals surface area contributed by atoms with Crippen molar-refractivity contribution in [3.8, 4) is 11.1 Å². The smallest absolute Gasteiger partial charge is 0.0464 e. The van der Waals surface area contributed by atoms with Gasteiger partial charge in [0.2, 0.25) is 0 Å². The molecule has 0 unspecified atom stereocenters. The molecule has 0 saturated carbocycles. The molecule has 0 aliphatic heterocycles.